The summed E-state index contributed by atoms with van der Waals surface area (Å²) in [6.45, 7) is 5.07. The Balaban J connectivity index is 1.77. The smallest absolute Gasteiger partial charge is 0.323 e. The van der Waals surface area contributed by atoms with Crippen molar-refractivity contribution in [1.29, 1.82) is 0 Å². The van der Waals surface area contributed by atoms with Gasteiger partial charge in [0.2, 0.25) is 0 Å². The first-order chi connectivity index (χ1) is 12.8. The third-order valence-corrected chi connectivity index (χ3v) is 5.49. The van der Waals surface area contributed by atoms with Crippen molar-refractivity contribution < 1.29 is 4.79 Å². The lowest BCUT2D eigenvalue weighted by atomic mass is 10.1. The van der Waals surface area contributed by atoms with E-state index in [2.05, 4.69) is 57.5 Å². The fraction of sp³-hybridized carbons (Fsp3) is 0.286. The van der Waals surface area contributed by atoms with Gasteiger partial charge in [0.15, 0.2) is 0 Å². The molecule has 2 amide bonds. The SMILES string of the molecule is Cc1cc(NC(=O)Nc2ccc3[nH]c(C)c(CCN(C)C)c3c2)ccc1Br. The van der Waals surface area contributed by atoms with Crippen molar-refractivity contribution in [2.75, 3.05) is 31.3 Å². The molecule has 3 aromatic rings. The van der Waals surface area contributed by atoms with Gasteiger partial charge in [0.25, 0.3) is 0 Å². The number of aromatic amines is 1. The molecule has 0 aliphatic rings. The van der Waals surface area contributed by atoms with E-state index < -0.39 is 0 Å². The number of urea groups is 1. The molecule has 3 rings (SSSR count). The van der Waals surface area contributed by atoms with E-state index in [0.717, 1.165) is 45.3 Å². The van der Waals surface area contributed by atoms with Crippen molar-refractivity contribution in [1.82, 2.24) is 9.88 Å². The monoisotopic (exact) mass is 428 g/mol. The molecule has 0 saturated heterocycles. The maximum Gasteiger partial charge on any atom is 0.323 e. The van der Waals surface area contributed by atoms with Crippen molar-refractivity contribution in [2.45, 2.75) is 20.3 Å². The molecule has 27 heavy (non-hydrogen) atoms. The number of likely N-dealkylation sites (N-methyl/N-ethyl adjacent to an activating group) is 1. The molecule has 1 aromatic heterocycles. The van der Waals surface area contributed by atoms with Crippen molar-refractivity contribution in [3.05, 3.63) is 57.7 Å². The maximum absolute atomic E-state index is 12.4. The molecular weight excluding hydrogens is 404 g/mol. The van der Waals surface area contributed by atoms with Crippen LogP contribution in [0.1, 0.15) is 16.8 Å². The molecule has 0 unspecified atom stereocenters. The van der Waals surface area contributed by atoms with Gasteiger partial charge in [-0.2, -0.15) is 0 Å². The lowest BCUT2D eigenvalue weighted by Crippen LogP contribution is -2.19. The minimum Gasteiger partial charge on any atom is -0.358 e. The van der Waals surface area contributed by atoms with E-state index in [1.165, 1.54) is 11.3 Å². The first-order valence-electron chi connectivity index (χ1n) is 8.93. The molecule has 0 radical (unpaired) electrons. The molecule has 142 valence electrons. The molecule has 3 N–H and O–H groups in total. The number of carbonyl (C=O) groups is 1. The summed E-state index contributed by atoms with van der Waals surface area (Å²) in [6.07, 6.45) is 0.965. The number of rotatable bonds is 5. The van der Waals surface area contributed by atoms with Crippen LogP contribution in [0.25, 0.3) is 10.9 Å². The molecule has 5 nitrogen and oxygen atoms in total. The number of nitrogens with one attached hydrogen (secondary N) is 3. The lowest BCUT2D eigenvalue weighted by molar-refractivity contribution is 0.262. The van der Waals surface area contributed by atoms with Gasteiger partial charge in [-0.05, 0) is 81.9 Å². The van der Waals surface area contributed by atoms with E-state index in [1.807, 2.05) is 43.3 Å². The molecule has 1 heterocycles. The summed E-state index contributed by atoms with van der Waals surface area (Å²) in [4.78, 5) is 18.0. The Hall–Kier alpha value is -2.31. The highest BCUT2D eigenvalue weighted by Crippen LogP contribution is 2.26. The van der Waals surface area contributed by atoms with Gasteiger partial charge in [0.05, 0.1) is 0 Å². The predicted octanol–water partition coefficient (Wildman–Crippen LogP) is 5.30. The molecule has 0 aliphatic carbocycles. The minimum atomic E-state index is -0.252. The number of fused-ring (bicyclic) bond motifs is 1. The van der Waals surface area contributed by atoms with Crippen LogP contribution in [-0.4, -0.2) is 36.6 Å². The number of aromatic nitrogens is 1. The van der Waals surface area contributed by atoms with E-state index in [4.69, 9.17) is 0 Å². The van der Waals surface area contributed by atoms with Crippen LogP contribution in [0.3, 0.4) is 0 Å². The van der Waals surface area contributed by atoms with Gasteiger partial charge < -0.3 is 20.5 Å². The van der Waals surface area contributed by atoms with Crippen molar-refractivity contribution in [3.8, 4) is 0 Å². The zero-order chi connectivity index (χ0) is 19.6. The van der Waals surface area contributed by atoms with Crippen molar-refractivity contribution >= 4 is 44.2 Å². The zero-order valence-electron chi connectivity index (χ0n) is 16.1. The minimum absolute atomic E-state index is 0.252. The van der Waals surface area contributed by atoms with Crippen LogP contribution < -0.4 is 10.6 Å². The van der Waals surface area contributed by atoms with E-state index in [9.17, 15) is 4.79 Å². The third kappa shape index (κ3) is 4.70. The Morgan fingerprint density at radius 3 is 2.41 bits per heavy atom. The number of H-pyrrole nitrogens is 1. The fourth-order valence-corrected chi connectivity index (χ4v) is 3.38. The number of nitrogens with zero attached hydrogens (tertiary/aromatic N) is 1. The van der Waals surface area contributed by atoms with E-state index in [1.54, 1.807) is 0 Å². The van der Waals surface area contributed by atoms with Crippen LogP contribution in [0.2, 0.25) is 0 Å². The molecule has 0 fully saturated rings. The number of halogens is 1. The molecule has 0 bridgehead atoms. The Morgan fingerprint density at radius 2 is 1.74 bits per heavy atom. The number of amides is 2. The number of aryl methyl sites for hydroxylation is 2. The van der Waals surface area contributed by atoms with Gasteiger partial charge >= 0.3 is 6.03 Å². The summed E-state index contributed by atoms with van der Waals surface area (Å²) < 4.78 is 1.02. The topological polar surface area (TPSA) is 60.2 Å². The van der Waals surface area contributed by atoms with Crippen LogP contribution in [-0.2, 0) is 6.42 Å². The standard InChI is InChI=1S/C21H25BrN4O/c1-13-11-15(5-7-19(13)22)24-21(27)25-16-6-8-20-18(12-16)17(14(2)23-20)9-10-26(3)4/h5-8,11-12,23H,9-10H2,1-4H3,(H2,24,25,27). The zero-order valence-corrected chi connectivity index (χ0v) is 17.7. The van der Waals surface area contributed by atoms with Crippen molar-refractivity contribution in [3.63, 3.8) is 0 Å². The molecular formula is C21H25BrN4O. The first kappa shape index (κ1) is 19.5. The maximum atomic E-state index is 12.4. The first-order valence-corrected chi connectivity index (χ1v) is 9.73. The van der Waals surface area contributed by atoms with Gasteiger partial charge in [0.1, 0.15) is 0 Å². The van der Waals surface area contributed by atoms with Crippen LogP contribution in [0.5, 0.6) is 0 Å². The lowest BCUT2D eigenvalue weighted by Gasteiger charge is -2.11. The van der Waals surface area contributed by atoms with Crippen LogP contribution in [0.15, 0.2) is 40.9 Å². The Bertz CT molecular complexity index is 978. The Labute approximate surface area is 168 Å². The summed E-state index contributed by atoms with van der Waals surface area (Å²) >= 11 is 3.47. The number of hydrogen-bond donors (Lipinski definition) is 3. The van der Waals surface area contributed by atoms with Crippen LogP contribution in [0.4, 0.5) is 16.2 Å². The average Bonchev–Trinajstić information content (AvgIpc) is 2.91. The quantitative estimate of drug-likeness (QED) is 0.516. The second-order valence-corrected chi connectivity index (χ2v) is 7.94. The molecule has 0 aliphatic heterocycles. The van der Waals surface area contributed by atoms with E-state index in [-0.39, 0.29) is 6.03 Å². The Morgan fingerprint density at radius 1 is 1.07 bits per heavy atom. The molecule has 6 heteroatoms. The van der Waals surface area contributed by atoms with Gasteiger partial charge in [-0.15, -0.1) is 0 Å². The normalized spacial score (nSPS) is 11.2. The van der Waals surface area contributed by atoms with Gasteiger partial charge in [-0.3, -0.25) is 0 Å². The highest BCUT2D eigenvalue weighted by Gasteiger charge is 2.11. The fourth-order valence-electron chi connectivity index (χ4n) is 3.13. The van der Waals surface area contributed by atoms with Gasteiger partial charge in [-0.1, -0.05) is 15.9 Å². The summed E-state index contributed by atoms with van der Waals surface area (Å²) in [5.41, 5.74) is 6.18. The highest BCUT2D eigenvalue weighted by atomic mass is 79.9. The molecule has 2 aromatic carbocycles. The second kappa shape index (κ2) is 8.15. The summed E-state index contributed by atoms with van der Waals surface area (Å²) in [5, 5.41) is 6.97. The number of anilines is 2. The number of carbonyl (C=O) groups excluding carboxylic acids is 1. The molecule has 0 atom stereocenters. The molecule has 0 saturated carbocycles. The Kier molecular flexibility index (Phi) is 5.87. The van der Waals surface area contributed by atoms with Crippen LogP contribution >= 0.6 is 15.9 Å². The van der Waals surface area contributed by atoms with E-state index in [0.29, 0.717) is 0 Å². The predicted molar refractivity (Wildman–Crippen MR) is 117 cm³/mol. The highest BCUT2D eigenvalue weighted by molar-refractivity contribution is 9.10. The number of benzene rings is 2. The summed E-state index contributed by atoms with van der Waals surface area (Å²) in [5.74, 6) is 0. The largest absolute Gasteiger partial charge is 0.358 e. The van der Waals surface area contributed by atoms with Gasteiger partial charge in [0, 0.05) is 39.0 Å². The van der Waals surface area contributed by atoms with Crippen molar-refractivity contribution in [2.24, 2.45) is 0 Å². The molecule has 0 spiro atoms. The van der Waals surface area contributed by atoms with Gasteiger partial charge in [-0.25, -0.2) is 4.79 Å². The number of hydrogen-bond acceptors (Lipinski definition) is 2. The summed E-state index contributed by atoms with van der Waals surface area (Å²) in [6, 6.07) is 11.4. The van der Waals surface area contributed by atoms with Crippen LogP contribution in [0, 0.1) is 13.8 Å². The average molecular weight is 429 g/mol. The summed E-state index contributed by atoms with van der Waals surface area (Å²) in [7, 11) is 4.15. The van der Waals surface area contributed by atoms with E-state index >= 15 is 0 Å². The third-order valence-electron chi connectivity index (χ3n) is 4.60. The second-order valence-electron chi connectivity index (χ2n) is 7.09.